The summed E-state index contributed by atoms with van der Waals surface area (Å²) in [4.78, 5) is 5.07. The van der Waals surface area contributed by atoms with E-state index < -0.39 is 0 Å². The van der Waals surface area contributed by atoms with E-state index in [1.807, 2.05) is 0 Å². The second-order valence-electron chi connectivity index (χ2n) is 4.03. The van der Waals surface area contributed by atoms with Crippen LogP contribution in [0, 0.1) is 0 Å². The maximum Gasteiger partial charge on any atom is 0.0586 e. The molecule has 0 aromatic heterocycles. The van der Waals surface area contributed by atoms with Crippen molar-refractivity contribution in [1.29, 1.82) is 0 Å². The van der Waals surface area contributed by atoms with Crippen LogP contribution in [0.1, 0.15) is 32.1 Å². The molecule has 5 nitrogen and oxygen atoms in total. The molecule has 15 heavy (non-hydrogen) atoms. The molecule has 1 fully saturated rings. The van der Waals surface area contributed by atoms with Crippen LogP contribution in [0.3, 0.4) is 0 Å². The predicted octanol–water partition coefficient (Wildman–Crippen LogP) is 1.92. The van der Waals surface area contributed by atoms with Crippen LogP contribution in [0.5, 0.6) is 0 Å². The van der Waals surface area contributed by atoms with Crippen molar-refractivity contribution in [3.05, 3.63) is 10.4 Å². The first-order chi connectivity index (χ1) is 7.38. The third-order valence-electron chi connectivity index (χ3n) is 2.98. The van der Waals surface area contributed by atoms with E-state index in [2.05, 4.69) is 14.9 Å². The van der Waals surface area contributed by atoms with Crippen molar-refractivity contribution < 1.29 is 5.11 Å². The number of aliphatic hydroxyl groups excluding tert-OH is 1. The van der Waals surface area contributed by atoms with Gasteiger partial charge in [0.15, 0.2) is 0 Å². The maximum atomic E-state index is 9.27. The molecule has 0 amide bonds. The highest BCUT2D eigenvalue weighted by atomic mass is 16.3. The molecule has 86 valence electrons. The quantitative estimate of drug-likeness (QED) is 0.327. The summed E-state index contributed by atoms with van der Waals surface area (Å²) in [7, 11) is 0. The van der Waals surface area contributed by atoms with E-state index in [0.717, 1.165) is 25.9 Å². The van der Waals surface area contributed by atoms with Gasteiger partial charge in [-0.05, 0) is 37.9 Å². The Balaban J connectivity index is 2.30. The summed E-state index contributed by atoms with van der Waals surface area (Å²) in [5.41, 5.74) is 8.15. The van der Waals surface area contributed by atoms with Crippen molar-refractivity contribution in [2.24, 2.45) is 5.11 Å². The van der Waals surface area contributed by atoms with Crippen LogP contribution >= 0.6 is 0 Å². The molecular weight excluding hydrogens is 192 g/mol. The zero-order chi connectivity index (χ0) is 10.9. The zero-order valence-electron chi connectivity index (χ0n) is 9.18. The molecule has 1 rings (SSSR count). The van der Waals surface area contributed by atoms with Gasteiger partial charge in [-0.3, -0.25) is 4.90 Å². The molecule has 0 saturated carbocycles. The van der Waals surface area contributed by atoms with Crippen LogP contribution in [-0.4, -0.2) is 42.3 Å². The average molecular weight is 212 g/mol. The van der Waals surface area contributed by atoms with Crippen molar-refractivity contribution in [2.45, 2.75) is 38.1 Å². The third-order valence-corrected chi connectivity index (χ3v) is 2.98. The summed E-state index contributed by atoms with van der Waals surface area (Å²) in [6.07, 6.45) is 5.69. The van der Waals surface area contributed by atoms with Crippen LogP contribution in [-0.2, 0) is 0 Å². The minimum absolute atomic E-state index is 0.252. The number of nitrogens with zero attached hydrogens (tertiary/aromatic N) is 4. The summed E-state index contributed by atoms with van der Waals surface area (Å²) in [6.45, 7) is 2.82. The zero-order valence-corrected chi connectivity index (χ0v) is 9.18. The van der Waals surface area contributed by atoms with Gasteiger partial charge >= 0.3 is 0 Å². The van der Waals surface area contributed by atoms with Gasteiger partial charge < -0.3 is 5.11 Å². The van der Waals surface area contributed by atoms with Gasteiger partial charge in [0.05, 0.1) is 6.61 Å². The molecule has 0 radical (unpaired) electrons. The highest BCUT2D eigenvalue weighted by Gasteiger charge is 2.19. The van der Waals surface area contributed by atoms with Crippen LogP contribution in [0.15, 0.2) is 5.11 Å². The molecule has 1 N–H and O–H groups in total. The number of aliphatic hydroxyl groups is 1. The highest BCUT2D eigenvalue weighted by molar-refractivity contribution is 4.74. The largest absolute Gasteiger partial charge is 0.395 e. The van der Waals surface area contributed by atoms with Gasteiger partial charge in [0, 0.05) is 17.5 Å². The number of likely N-dealkylation sites (tertiary alicyclic amines) is 1. The van der Waals surface area contributed by atoms with E-state index >= 15 is 0 Å². The molecule has 0 aromatic rings. The fraction of sp³-hybridized carbons (Fsp3) is 1.00. The summed E-state index contributed by atoms with van der Waals surface area (Å²) >= 11 is 0. The van der Waals surface area contributed by atoms with E-state index in [1.165, 1.54) is 19.3 Å². The van der Waals surface area contributed by atoms with Crippen molar-refractivity contribution in [1.82, 2.24) is 4.90 Å². The van der Waals surface area contributed by atoms with E-state index in [1.54, 1.807) is 0 Å². The van der Waals surface area contributed by atoms with Gasteiger partial charge in [-0.1, -0.05) is 18.0 Å². The minimum Gasteiger partial charge on any atom is -0.395 e. The van der Waals surface area contributed by atoms with Gasteiger partial charge in [-0.15, -0.1) is 0 Å². The summed E-state index contributed by atoms with van der Waals surface area (Å²) in [5, 5.41) is 12.8. The first kappa shape index (κ1) is 12.3. The Morgan fingerprint density at radius 2 is 2.27 bits per heavy atom. The van der Waals surface area contributed by atoms with Gasteiger partial charge in [0.25, 0.3) is 0 Å². The Morgan fingerprint density at radius 1 is 1.40 bits per heavy atom. The van der Waals surface area contributed by atoms with Crippen LogP contribution in [0.25, 0.3) is 10.4 Å². The van der Waals surface area contributed by atoms with E-state index in [0.29, 0.717) is 12.6 Å². The third kappa shape index (κ3) is 4.51. The minimum atomic E-state index is 0.252. The van der Waals surface area contributed by atoms with Crippen LogP contribution in [0.4, 0.5) is 0 Å². The summed E-state index contributed by atoms with van der Waals surface area (Å²) in [5.74, 6) is 0. The van der Waals surface area contributed by atoms with E-state index in [-0.39, 0.29) is 6.61 Å². The Morgan fingerprint density at radius 3 is 3.00 bits per heavy atom. The lowest BCUT2D eigenvalue weighted by atomic mass is 10.1. The fourth-order valence-corrected chi connectivity index (χ4v) is 2.13. The van der Waals surface area contributed by atoms with Crippen LogP contribution < -0.4 is 0 Å². The van der Waals surface area contributed by atoms with Gasteiger partial charge in [0.1, 0.15) is 0 Å². The standard InChI is InChI=1S/C10H20N4O/c11-13-12-6-4-8-14-7-3-1-2-5-10(14)9-15/h10,15H,1-9H2. The molecule has 1 unspecified atom stereocenters. The lowest BCUT2D eigenvalue weighted by Gasteiger charge is -2.28. The Bertz CT molecular complexity index is 215. The summed E-state index contributed by atoms with van der Waals surface area (Å²) < 4.78 is 0. The molecule has 1 atom stereocenters. The lowest BCUT2D eigenvalue weighted by molar-refractivity contribution is 0.124. The smallest absolute Gasteiger partial charge is 0.0586 e. The first-order valence-corrected chi connectivity index (χ1v) is 5.74. The average Bonchev–Trinajstić information content (AvgIpc) is 2.49. The Kier molecular flexibility index (Phi) is 6.16. The van der Waals surface area contributed by atoms with Crippen molar-refractivity contribution in [2.75, 3.05) is 26.2 Å². The molecule has 1 saturated heterocycles. The van der Waals surface area contributed by atoms with Gasteiger partial charge in [0.2, 0.25) is 0 Å². The molecular formula is C10H20N4O. The topological polar surface area (TPSA) is 72.2 Å². The van der Waals surface area contributed by atoms with E-state index in [9.17, 15) is 5.11 Å². The fourth-order valence-electron chi connectivity index (χ4n) is 2.13. The number of hydrogen-bond acceptors (Lipinski definition) is 3. The second-order valence-corrected chi connectivity index (χ2v) is 4.03. The van der Waals surface area contributed by atoms with Crippen molar-refractivity contribution >= 4 is 0 Å². The van der Waals surface area contributed by atoms with Gasteiger partial charge in [-0.2, -0.15) is 0 Å². The number of azide groups is 1. The predicted molar refractivity (Wildman–Crippen MR) is 59.5 cm³/mol. The molecule has 0 bridgehead atoms. The van der Waals surface area contributed by atoms with Crippen molar-refractivity contribution in [3.63, 3.8) is 0 Å². The molecule has 0 spiro atoms. The lowest BCUT2D eigenvalue weighted by Crippen LogP contribution is -2.38. The normalized spacial score (nSPS) is 23.1. The molecule has 0 aliphatic carbocycles. The monoisotopic (exact) mass is 212 g/mol. The maximum absolute atomic E-state index is 9.27. The molecule has 0 aromatic carbocycles. The van der Waals surface area contributed by atoms with E-state index in [4.69, 9.17) is 5.53 Å². The molecule has 5 heteroatoms. The second kappa shape index (κ2) is 7.51. The highest BCUT2D eigenvalue weighted by Crippen LogP contribution is 2.16. The Labute approximate surface area is 90.7 Å². The Hall–Kier alpha value is -0.770. The number of rotatable bonds is 5. The van der Waals surface area contributed by atoms with Crippen LogP contribution in [0.2, 0.25) is 0 Å². The van der Waals surface area contributed by atoms with Crippen molar-refractivity contribution in [3.8, 4) is 0 Å². The molecule has 1 heterocycles. The molecule has 1 aliphatic rings. The summed E-state index contributed by atoms with van der Waals surface area (Å²) in [6, 6.07) is 0.318. The number of hydrogen-bond donors (Lipinski definition) is 1. The molecule has 1 aliphatic heterocycles. The SMILES string of the molecule is [N-]=[N+]=NCCCN1CCCCCC1CO. The first-order valence-electron chi connectivity index (χ1n) is 5.74. The van der Waals surface area contributed by atoms with Gasteiger partial charge in [-0.25, -0.2) is 0 Å².